The molecule has 0 aliphatic rings. The van der Waals surface area contributed by atoms with E-state index in [0.29, 0.717) is 6.07 Å². The van der Waals surface area contributed by atoms with Crippen LogP contribution in [0.2, 0.25) is 0 Å². The van der Waals surface area contributed by atoms with Gasteiger partial charge in [-0.15, -0.1) is 0 Å². The van der Waals surface area contributed by atoms with Crippen LogP contribution in [-0.2, 0) is 9.53 Å². The van der Waals surface area contributed by atoms with E-state index in [9.17, 15) is 23.2 Å². The Labute approximate surface area is 150 Å². The Kier molecular flexibility index (Phi) is 5.93. The minimum Gasteiger partial charge on any atom is -0.468 e. The molecule has 1 heterocycles. The van der Waals surface area contributed by atoms with Crippen molar-refractivity contribution in [2.75, 3.05) is 18.2 Å². The zero-order valence-electron chi connectivity index (χ0n) is 13.6. The highest BCUT2D eigenvalue weighted by Gasteiger charge is 2.19. The summed E-state index contributed by atoms with van der Waals surface area (Å²) in [7, 11) is 1.22. The zero-order chi connectivity index (χ0) is 19.4. The molecule has 4 N–H and O–H groups in total. The summed E-state index contributed by atoms with van der Waals surface area (Å²) in [5.41, 5.74) is 4.35. The topological polar surface area (TPSA) is 127 Å². The van der Waals surface area contributed by atoms with Crippen LogP contribution >= 0.6 is 11.8 Å². The Bertz CT molecular complexity index is 919. The molecule has 2 aromatic rings. The van der Waals surface area contributed by atoms with Crippen LogP contribution in [0.5, 0.6) is 0 Å². The lowest BCUT2D eigenvalue weighted by molar-refractivity contribution is -0.139. The van der Waals surface area contributed by atoms with Gasteiger partial charge >= 0.3 is 5.97 Å². The number of rotatable bonds is 5. The van der Waals surface area contributed by atoms with Crippen LogP contribution in [0.1, 0.15) is 17.3 Å². The summed E-state index contributed by atoms with van der Waals surface area (Å²) in [6, 6.07) is 2.52. The number of nitrogens with one attached hydrogen (secondary N) is 2. The second-order valence-electron chi connectivity index (χ2n) is 5.00. The number of nitrogens with zero attached hydrogens (tertiary/aromatic N) is 1. The van der Waals surface area contributed by atoms with Crippen molar-refractivity contribution in [1.29, 1.82) is 0 Å². The molecule has 1 aromatic carbocycles. The van der Waals surface area contributed by atoms with Crippen molar-refractivity contribution in [1.82, 2.24) is 9.97 Å². The number of nitrogen functional groups attached to an aromatic ring is 1. The fourth-order valence-corrected chi connectivity index (χ4v) is 2.68. The van der Waals surface area contributed by atoms with Crippen LogP contribution in [0.25, 0.3) is 0 Å². The van der Waals surface area contributed by atoms with Gasteiger partial charge in [-0.1, -0.05) is 11.8 Å². The summed E-state index contributed by atoms with van der Waals surface area (Å²) in [5, 5.41) is 1.60. The molecule has 0 aliphatic carbocycles. The maximum atomic E-state index is 13.2. The molecule has 8 nitrogen and oxygen atoms in total. The monoisotopic (exact) mass is 384 g/mol. The molecule has 1 aromatic heterocycles. The van der Waals surface area contributed by atoms with Gasteiger partial charge in [0, 0.05) is 5.56 Å². The van der Waals surface area contributed by atoms with Gasteiger partial charge in [0.15, 0.2) is 22.6 Å². The number of aromatic nitrogens is 2. The minimum absolute atomic E-state index is 0.0521. The number of H-pyrrole nitrogens is 1. The number of hydrogen-bond donors (Lipinski definition) is 3. The van der Waals surface area contributed by atoms with Crippen molar-refractivity contribution in [3.63, 3.8) is 0 Å². The third kappa shape index (κ3) is 4.36. The lowest BCUT2D eigenvalue weighted by Crippen LogP contribution is -2.24. The van der Waals surface area contributed by atoms with Crippen molar-refractivity contribution >= 4 is 35.1 Å². The molecular formula is C15H14F2N4O4S. The van der Waals surface area contributed by atoms with Gasteiger partial charge in [0.25, 0.3) is 11.5 Å². The first-order valence-electron chi connectivity index (χ1n) is 7.13. The summed E-state index contributed by atoms with van der Waals surface area (Å²) in [6.45, 7) is 1.55. The lowest BCUT2D eigenvalue weighted by Gasteiger charge is -2.11. The van der Waals surface area contributed by atoms with Gasteiger partial charge < -0.3 is 15.8 Å². The van der Waals surface area contributed by atoms with Crippen molar-refractivity contribution in [3.05, 3.63) is 45.8 Å². The smallest absolute Gasteiger partial charge is 0.318 e. The third-order valence-electron chi connectivity index (χ3n) is 3.17. The van der Waals surface area contributed by atoms with Gasteiger partial charge in [0.05, 0.1) is 7.11 Å². The lowest BCUT2D eigenvalue weighted by atomic mass is 10.2. The van der Waals surface area contributed by atoms with E-state index in [0.717, 1.165) is 23.9 Å². The van der Waals surface area contributed by atoms with Crippen molar-refractivity contribution in [2.45, 2.75) is 17.3 Å². The van der Waals surface area contributed by atoms with Gasteiger partial charge in [0.2, 0.25) is 0 Å². The molecule has 2 rings (SSSR count). The number of anilines is 2. The van der Waals surface area contributed by atoms with Crippen molar-refractivity contribution in [2.24, 2.45) is 0 Å². The Morgan fingerprint density at radius 1 is 1.35 bits per heavy atom. The number of methoxy groups -OCH3 is 1. The first kappa shape index (κ1) is 19.4. The molecule has 0 bridgehead atoms. The predicted octanol–water partition coefficient (Wildman–Crippen LogP) is 1.54. The maximum absolute atomic E-state index is 13.2. The normalized spacial score (nSPS) is 11.7. The van der Waals surface area contributed by atoms with E-state index in [1.807, 2.05) is 0 Å². The van der Waals surface area contributed by atoms with Crippen LogP contribution in [0, 0.1) is 11.6 Å². The quantitative estimate of drug-likeness (QED) is 0.405. The number of hydrogen-bond acceptors (Lipinski definition) is 7. The molecule has 0 aliphatic heterocycles. The summed E-state index contributed by atoms with van der Waals surface area (Å²) >= 11 is 0.907. The second kappa shape index (κ2) is 7.95. The first-order chi connectivity index (χ1) is 12.2. The molecule has 26 heavy (non-hydrogen) atoms. The molecule has 0 saturated carbocycles. The predicted molar refractivity (Wildman–Crippen MR) is 90.9 cm³/mol. The zero-order valence-corrected chi connectivity index (χ0v) is 14.4. The highest BCUT2D eigenvalue weighted by atomic mass is 32.2. The number of nitrogens with two attached hydrogens (primary N) is 1. The van der Waals surface area contributed by atoms with E-state index in [-0.39, 0.29) is 22.2 Å². The maximum Gasteiger partial charge on any atom is 0.318 e. The SMILES string of the molecule is COC(=O)[C@H](C)Sc1nc(N)c(NC(=O)c2ccc(F)c(F)c2)c(=O)[nH]1. The van der Waals surface area contributed by atoms with Gasteiger partial charge in [-0.2, -0.15) is 0 Å². The van der Waals surface area contributed by atoms with E-state index in [1.54, 1.807) is 6.92 Å². The molecular weight excluding hydrogens is 370 g/mol. The number of benzene rings is 1. The third-order valence-corrected chi connectivity index (χ3v) is 4.13. The van der Waals surface area contributed by atoms with E-state index < -0.39 is 34.3 Å². The number of aromatic amines is 1. The summed E-state index contributed by atoms with van der Waals surface area (Å²) < 4.78 is 30.7. The van der Waals surface area contributed by atoms with Gasteiger partial charge in [-0.3, -0.25) is 19.4 Å². The molecule has 0 radical (unpaired) electrons. The molecule has 1 amide bonds. The van der Waals surface area contributed by atoms with E-state index in [4.69, 9.17) is 5.73 Å². The van der Waals surface area contributed by atoms with E-state index in [1.165, 1.54) is 7.11 Å². The largest absolute Gasteiger partial charge is 0.468 e. The molecule has 0 unspecified atom stereocenters. The van der Waals surface area contributed by atoms with Crippen LogP contribution in [0.15, 0.2) is 28.2 Å². The van der Waals surface area contributed by atoms with Crippen LogP contribution in [-0.4, -0.2) is 34.2 Å². The van der Waals surface area contributed by atoms with E-state index >= 15 is 0 Å². The summed E-state index contributed by atoms with van der Waals surface area (Å²) in [5.74, 6) is -4.01. The molecule has 0 fully saturated rings. The number of esters is 1. The van der Waals surface area contributed by atoms with E-state index in [2.05, 4.69) is 20.0 Å². The van der Waals surface area contributed by atoms with Crippen LogP contribution < -0.4 is 16.6 Å². The average molecular weight is 384 g/mol. The Hall–Kier alpha value is -2.95. The van der Waals surface area contributed by atoms with Gasteiger partial charge in [-0.05, 0) is 25.1 Å². The highest BCUT2D eigenvalue weighted by molar-refractivity contribution is 8.00. The standard InChI is InChI=1S/C15H14F2N4O4S/c1-6(14(24)25-2)26-15-20-11(18)10(13(23)21-15)19-12(22)7-3-4-8(16)9(17)5-7/h3-6H,1-2H3,(H,19,22)(H3,18,20,21,23)/t6-/m0/s1. The Morgan fingerprint density at radius 3 is 2.62 bits per heavy atom. The van der Waals surface area contributed by atoms with Crippen molar-refractivity contribution in [3.8, 4) is 0 Å². The van der Waals surface area contributed by atoms with Crippen LogP contribution in [0.4, 0.5) is 20.3 Å². The fourth-order valence-electron chi connectivity index (χ4n) is 1.85. The molecule has 1 atom stereocenters. The molecule has 11 heteroatoms. The van der Waals surface area contributed by atoms with Crippen LogP contribution in [0.3, 0.4) is 0 Å². The number of carbonyl (C=O) groups is 2. The Morgan fingerprint density at radius 2 is 2.04 bits per heavy atom. The van der Waals surface area contributed by atoms with Gasteiger partial charge in [-0.25, -0.2) is 13.8 Å². The number of halogens is 2. The number of amides is 1. The van der Waals surface area contributed by atoms with Crippen molar-refractivity contribution < 1.29 is 23.1 Å². The average Bonchev–Trinajstić information content (AvgIpc) is 2.59. The van der Waals surface area contributed by atoms with Gasteiger partial charge in [0.1, 0.15) is 10.9 Å². The Balaban J connectivity index is 2.22. The molecule has 0 spiro atoms. The molecule has 0 saturated heterocycles. The number of ether oxygens (including phenoxy) is 1. The second-order valence-corrected chi connectivity index (χ2v) is 6.33. The first-order valence-corrected chi connectivity index (χ1v) is 8.01. The summed E-state index contributed by atoms with van der Waals surface area (Å²) in [6.07, 6.45) is 0. The minimum atomic E-state index is -1.21. The number of carbonyl (C=O) groups excluding carboxylic acids is 2. The number of thioether (sulfide) groups is 1. The highest BCUT2D eigenvalue weighted by Crippen LogP contribution is 2.22. The summed E-state index contributed by atoms with van der Waals surface area (Å²) in [4.78, 5) is 41.8. The fraction of sp³-hybridized carbons (Fsp3) is 0.200. The molecule has 138 valence electrons.